The van der Waals surface area contributed by atoms with Gasteiger partial charge < -0.3 is 4.42 Å². The van der Waals surface area contributed by atoms with E-state index in [-0.39, 0.29) is 11.3 Å². The number of thiophene rings is 1. The highest BCUT2D eigenvalue weighted by molar-refractivity contribution is 7.20. The lowest BCUT2D eigenvalue weighted by Gasteiger charge is -2.29. The van der Waals surface area contributed by atoms with Gasteiger partial charge >= 0.3 is 0 Å². The van der Waals surface area contributed by atoms with Crippen LogP contribution in [0.3, 0.4) is 0 Å². The maximum Gasteiger partial charge on any atom is 0.138 e. The minimum atomic E-state index is -0.342. The predicted molar refractivity (Wildman–Crippen MR) is 234 cm³/mol. The van der Waals surface area contributed by atoms with Crippen LogP contribution in [0.5, 0.6) is 0 Å². The zero-order valence-electron chi connectivity index (χ0n) is 30.7. The number of hydrogen-bond donors (Lipinski definition) is 0. The molecular formula is C54H36OS. The van der Waals surface area contributed by atoms with Crippen LogP contribution in [0.2, 0.25) is 0 Å². The number of rotatable bonds is 6. The average molecular weight is 733 g/mol. The minimum Gasteiger partial charge on any atom is -0.456 e. The van der Waals surface area contributed by atoms with Crippen LogP contribution in [0.25, 0.3) is 65.4 Å². The lowest BCUT2D eigenvalue weighted by molar-refractivity contribution is 0.632. The van der Waals surface area contributed by atoms with Gasteiger partial charge in [0.1, 0.15) is 11.2 Å². The molecule has 2 aliphatic carbocycles. The normalized spacial score (nSPS) is 13.9. The molecule has 0 radical (unpaired) electrons. The van der Waals surface area contributed by atoms with E-state index in [1.807, 2.05) is 11.3 Å². The molecule has 8 aromatic carbocycles. The van der Waals surface area contributed by atoms with Crippen LogP contribution in [0.4, 0.5) is 0 Å². The monoisotopic (exact) mass is 732 g/mol. The number of benzene rings is 8. The molecule has 0 unspecified atom stereocenters. The summed E-state index contributed by atoms with van der Waals surface area (Å²) in [4.78, 5) is 1.44. The Morgan fingerprint density at radius 2 is 1.12 bits per heavy atom. The molecule has 1 atom stereocenters. The molecule has 12 rings (SSSR count). The molecule has 2 heteroatoms. The molecule has 2 aliphatic rings. The highest BCUT2D eigenvalue weighted by Gasteiger charge is 2.53. The van der Waals surface area contributed by atoms with Gasteiger partial charge in [0.15, 0.2) is 0 Å². The molecular weight excluding hydrogens is 697 g/mol. The molecule has 0 saturated carbocycles. The second-order valence-corrected chi connectivity index (χ2v) is 16.5. The van der Waals surface area contributed by atoms with Crippen LogP contribution in [0.15, 0.2) is 192 Å². The molecule has 1 nitrogen and oxygen atoms in total. The van der Waals surface area contributed by atoms with Crippen molar-refractivity contribution in [2.24, 2.45) is 0 Å². The summed E-state index contributed by atoms with van der Waals surface area (Å²) in [7, 11) is 0. The van der Waals surface area contributed by atoms with Crippen molar-refractivity contribution in [2.45, 2.75) is 24.2 Å². The van der Waals surface area contributed by atoms with E-state index in [1.54, 1.807) is 0 Å². The third-order valence-electron chi connectivity index (χ3n) is 12.6. The highest BCUT2D eigenvalue weighted by Crippen LogP contribution is 2.66. The van der Waals surface area contributed by atoms with E-state index in [1.165, 1.54) is 92.5 Å². The van der Waals surface area contributed by atoms with Crippen molar-refractivity contribution in [1.82, 2.24) is 0 Å². The van der Waals surface area contributed by atoms with Crippen LogP contribution < -0.4 is 0 Å². The quantitative estimate of drug-likeness (QED) is 0.166. The zero-order valence-corrected chi connectivity index (χ0v) is 31.5. The van der Waals surface area contributed by atoms with Crippen molar-refractivity contribution < 1.29 is 4.42 Å². The van der Waals surface area contributed by atoms with Crippen molar-refractivity contribution in [3.8, 4) is 33.4 Å². The standard InChI is InChI=1S/C54H36OS/c1-2-15-34(16-3-1)31-37(39-23-14-24-43-42-21-8-12-27-49(42)55-52(39)43)32-35-17-4-5-18-38(35)36-29-30-48-45(33-36)51-44-22-9-13-28-50(44)56-53(51)54(48)46-25-10-6-19-40(46)41-20-7-11-26-47(41)54/h1-30,33,37H,31-32H2/t37-/m0/s1. The fraction of sp³-hybridized carbons (Fsp3) is 0.0741. The highest BCUT2D eigenvalue weighted by atomic mass is 32.1. The summed E-state index contributed by atoms with van der Waals surface area (Å²) < 4.78 is 8.01. The van der Waals surface area contributed by atoms with Gasteiger partial charge in [-0.2, -0.15) is 0 Å². The Hall–Kier alpha value is -6.48. The Bertz CT molecular complexity index is 3120. The van der Waals surface area contributed by atoms with Gasteiger partial charge in [0.2, 0.25) is 0 Å². The average Bonchev–Trinajstić information content (AvgIpc) is 3.99. The second kappa shape index (κ2) is 12.3. The van der Waals surface area contributed by atoms with Gasteiger partial charge in [-0.05, 0) is 98.2 Å². The van der Waals surface area contributed by atoms with E-state index in [4.69, 9.17) is 4.42 Å². The van der Waals surface area contributed by atoms with Crippen molar-refractivity contribution >= 4 is 43.4 Å². The first-order valence-corrected chi connectivity index (χ1v) is 20.5. The molecule has 0 aliphatic heterocycles. The molecule has 0 amide bonds. The van der Waals surface area contributed by atoms with E-state index < -0.39 is 0 Å². The Kier molecular flexibility index (Phi) is 6.97. The van der Waals surface area contributed by atoms with E-state index in [0.717, 1.165) is 24.0 Å². The summed E-state index contributed by atoms with van der Waals surface area (Å²) in [5.41, 5.74) is 17.7. The smallest absolute Gasteiger partial charge is 0.138 e. The van der Waals surface area contributed by atoms with Crippen LogP contribution in [0, 0.1) is 0 Å². The summed E-state index contributed by atoms with van der Waals surface area (Å²) in [6.45, 7) is 0. The summed E-state index contributed by atoms with van der Waals surface area (Å²) in [5, 5.41) is 3.71. The Morgan fingerprint density at radius 3 is 1.95 bits per heavy atom. The fourth-order valence-electron chi connectivity index (χ4n) is 10.2. The molecule has 264 valence electrons. The van der Waals surface area contributed by atoms with Crippen molar-refractivity contribution in [3.05, 3.63) is 226 Å². The molecule has 1 spiro atoms. The van der Waals surface area contributed by atoms with E-state index >= 15 is 0 Å². The van der Waals surface area contributed by atoms with E-state index in [2.05, 4.69) is 188 Å². The van der Waals surface area contributed by atoms with Gasteiger partial charge in [-0.15, -0.1) is 11.3 Å². The number of hydrogen-bond acceptors (Lipinski definition) is 2. The van der Waals surface area contributed by atoms with Gasteiger partial charge in [0, 0.05) is 31.3 Å². The lowest BCUT2D eigenvalue weighted by atomic mass is 9.73. The maximum atomic E-state index is 6.66. The second-order valence-electron chi connectivity index (χ2n) is 15.5. The molecule has 10 aromatic rings. The molecule has 2 aromatic heterocycles. The number of fused-ring (bicyclic) bond motifs is 15. The van der Waals surface area contributed by atoms with Crippen LogP contribution >= 0.6 is 11.3 Å². The fourth-order valence-corrected chi connectivity index (χ4v) is 11.7. The largest absolute Gasteiger partial charge is 0.456 e. The predicted octanol–water partition coefficient (Wildman–Crippen LogP) is 14.4. The minimum absolute atomic E-state index is 0.208. The summed E-state index contributed by atoms with van der Waals surface area (Å²) >= 11 is 1.97. The van der Waals surface area contributed by atoms with Gasteiger partial charge in [-0.3, -0.25) is 0 Å². The zero-order chi connectivity index (χ0) is 36.8. The van der Waals surface area contributed by atoms with E-state index in [0.29, 0.717) is 0 Å². The summed E-state index contributed by atoms with van der Waals surface area (Å²) in [6.07, 6.45) is 1.80. The Labute approximate surface area is 330 Å². The summed E-state index contributed by atoms with van der Waals surface area (Å²) in [5.74, 6) is 0.208. The molecule has 2 heterocycles. The van der Waals surface area contributed by atoms with Crippen molar-refractivity contribution in [1.29, 1.82) is 0 Å². The van der Waals surface area contributed by atoms with Crippen molar-refractivity contribution in [2.75, 3.05) is 0 Å². The van der Waals surface area contributed by atoms with Crippen LogP contribution in [0.1, 0.15) is 44.2 Å². The van der Waals surface area contributed by atoms with Gasteiger partial charge in [0.25, 0.3) is 0 Å². The van der Waals surface area contributed by atoms with Crippen LogP contribution in [-0.2, 0) is 18.3 Å². The molecule has 56 heavy (non-hydrogen) atoms. The first-order chi connectivity index (χ1) is 27.8. The van der Waals surface area contributed by atoms with Gasteiger partial charge in [-0.25, -0.2) is 0 Å². The number of furan rings is 1. The first kappa shape index (κ1) is 31.8. The van der Waals surface area contributed by atoms with Gasteiger partial charge in [0.05, 0.1) is 5.41 Å². The van der Waals surface area contributed by atoms with Crippen molar-refractivity contribution in [3.63, 3.8) is 0 Å². The molecule has 0 fully saturated rings. The number of para-hydroxylation sites is 2. The lowest BCUT2D eigenvalue weighted by Crippen LogP contribution is -2.24. The SMILES string of the molecule is c1ccc(C[C@@H](Cc2ccccc2-c2ccc3c(c2)-c2c(sc4ccccc24)C32c3ccccc3-c3ccccc32)c2cccc3c2oc2ccccc23)cc1. The molecule has 0 bridgehead atoms. The summed E-state index contributed by atoms with van der Waals surface area (Å²) in [6, 6.07) is 69.7. The van der Waals surface area contributed by atoms with Gasteiger partial charge in [-0.1, -0.05) is 170 Å². The Balaban J connectivity index is 1.04. The molecule has 0 saturated heterocycles. The maximum absolute atomic E-state index is 6.66. The third-order valence-corrected chi connectivity index (χ3v) is 13.9. The Morgan fingerprint density at radius 1 is 0.482 bits per heavy atom. The first-order valence-electron chi connectivity index (χ1n) is 19.7. The van der Waals surface area contributed by atoms with E-state index in [9.17, 15) is 0 Å². The molecule has 0 N–H and O–H groups in total. The third kappa shape index (κ3) is 4.48. The topological polar surface area (TPSA) is 13.1 Å². The van der Waals surface area contributed by atoms with Crippen LogP contribution in [-0.4, -0.2) is 0 Å².